The van der Waals surface area contributed by atoms with Gasteiger partial charge < -0.3 is 12.9 Å². The van der Waals surface area contributed by atoms with E-state index in [1.54, 1.807) is 0 Å². The quantitative estimate of drug-likeness (QED) is 0.668. The van der Waals surface area contributed by atoms with Gasteiger partial charge in [0.25, 0.3) is 0 Å². The molecule has 0 unspecified atom stereocenters. The van der Waals surface area contributed by atoms with Crippen molar-refractivity contribution < 1.29 is 4.39 Å². The monoisotopic (exact) mass is 406 g/mol. The Labute approximate surface area is 145 Å². The first-order valence-electron chi connectivity index (χ1n) is 6.16. The van der Waals surface area contributed by atoms with Crippen LogP contribution in [0, 0.1) is 5.82 Å². The molecule has 0 N–H and O–H groups in total. The van der Waals surface area contributed by atoms with Crippen molar-refractivity contribution in [3.05, 3.63) is 66.0 Å². The van der Waals surface area contributed by atoms with Gasteiger partial charge in [0.1, 0.15) is 5.82 Å². The number of aryl methyl sites for hydroxylation is 1. The summed E-state index contributed by atoms with van der Waals surface area (Å²) in [6.07, 6.45) is 1.25. The maximum absolute atomic E-state index is 12.2. The van der Waals surface area contributed by atoms with Crippen molar-refractivity contribution in [3.63, 3.8) is 0 Å². The lowest BCUT2D eigenvalue weighted by Gasteiger charge is -1.95. The van der Waals surface area contributed by atoms with Crippen LogP contribution >= 0.6 is 25.8 Å². The second-order valence-corrected chi connectivity index (χ2v) is 10.3. The molecule has 0 fully saturated rings. The van der Waals surface area contributed by atoms with Crippen molar-refractivity contribution in [2.75, 3.05) is 0 Å². The van der Waals surface area contributed by atoms with Crippen LogP contribution in [0.15, 0.2) is 54.6 Å². The molecule has 0 aliphatic carbocycles. The third-order valence-corrected chi connectivity index (χ3v) is 7.53. The predicted molar refractivity (Wildman–Crippen MR) is 90.3 cm³/mol. The molecule has 0 aliphatic heterocycles. The predicted octanol–water partition coefficient (Wildman–Crippen LogP) is 4.13. The van der Waals surface area contributed by atoms with Crippen molar-refractivity contribution >= 4 is 65.8 Å². The molecule has 2 rings (SSSR count). The highest BCUT2D eigenvalue weighted by molar-refractivity contribution is 9.23. The maximum atomic E-state index is 12.2. The SMILES string of the molecule is Fc1cc[c]([Mg][Br])cc1.[Br][Mg][CH2]Cc1ccccc1. The van der Waals surface area contributed by atoms with Crippen LogP contribution in [0.4, 0.5) is 4.39 Å². The van der Waals surface area contributed by atoms with Crippen LogP contribution in [0.5, 0.6) is 0 Å². The summed E-state index contributed by atoms with van der Waals surface area (Å²) in [6, 6.07) is 17.3. The highest BCUT2D eigenvalue weighted by atomic mass is 79.9. The van der Waals surface area contributed by atoms with E-state index in [2.05, 4.69) is 56.1 Å². The summed E-state index contributed by atoms with van der Waals surface area (Å²) in [6.45, 7) is 0. The Morgan fingerprint density at radius 1 is 0.895 bits per heavy atom. The summed E-state index contributed by atoms with van der Waals surface area (Å²) in [5, 5.41) is 0. The molecule has 0 heterocycles. The summed E-state index contributed by atoms with van der Waals surface area (Å²) in [5.74, 6) is -0.159. The zero-order valence-electron chi connectivity index (χ0n) is 10.7. The molecule has 0 spiro atoms. The molecule has 0 radical (unpaired) electrons. The molecule has 0 aromatic heterocycles. The van der Waals surface area contributed by atoms with Crippen LogP contribution in [0.1, 0.15) is 5.56 Å². The number of rotatable bonds is 4. The molecule has 2 aromatic rings. The van der Waals surface area contributed by atoms with Crippen LogP contribution in [-0.2, 0) is 6.42 Å². The van der Waals surface area contributed by atoms with Crippen molar-refractivity contribution in [2.24, 2.45) is 0 Å². The Hall–Kier alpha value is 0.862. The highest BCUT2D eigenvalue weighted by Gasteiger charge is 1.93. The lowest BCUT2D eigenvalue weighted by atomic mass is 10.2. The van der Waals surface area contributed by atoms with Crippen LogP contribution in [0.2, 0.25) is 4.55 Å². The molecule has 0 nitrogen and oxygen atoms in total. The summed E-state index contributed by atoms with van der Waals surface area (Å²) < 4.78 is 14.8. The van der Waals surface area contributed by atoms with Crippen LogP contribution in [0.25, 0.3) is 0 Å². The first-order chi connectivity index (χ1) is 9.26. The molecule has 0 atom stereocenters. The smallest absolute Gasteiger partial charge is 0.307 e. The summed E-state index contributed by atoms with van der Waals surface area (Å²) in [4.78, 5) is 0. The fourth-order valence-corrected chi connectivity index (χ4v) is 4.41. The molecular weight excluding hydrogens is 396 g/mol. The second kappa shape index (κ2) is 11.5. The topological polar surface area (TPSA) is 0 Å². The zero-order valence-corrected chi connectivity index (χ0v) is 16.7. The summed E-state index contributed by atoms with van der Waals surface area (Å²) in [7, 11) is 0. The van der Waals surface area contributed by atoms with Crippen molar-refractivity contribution in [3.8, 4) is 0 Å². The Bertz CT molecular complexity index is 449. The fraction of sp³-hybridized carbons (Fsp3) is 0.143. The van der Waals surface area contributed by atoms with E-state index < -0.39 is 0 Å². The molecule has 0 aliphatic rings. The van der Waals surface area contributed by atoms with Gasteiger partial charge in [-0.2, -0.15) is 3.69 Å². The first-order valence-corrected chi connectivity index (χ1v) is 15.7. The second-order valence-electron chi connectivity index (χ2n) is 4.04. The Kier molecular flexibility index (Phi) is 10.9. The van der Waals surface area contributed by atoms with Crippen molar-refractivity contribution in [1.82, 2.24) is 0 Å². The normalized spacial score (nSPS) is 8.79. The lowest BCUT2D eigenvalue weighted by Crippen LogP contribution is -2.06. The molecule has 19 heavy (non-hydrogen) atoms. The van der Waals surface area contributed by atoms with Gasteiger partial charge in [-0.05, 0) is 18.6 Å². The lowest BCUT2D eigenvalue weighted by molar-refractivity contribution is 0.628. The summed E-state index contributed by atoms with van der Waals surface area (Å²) >= 11 is 6.75. The molecule has 0 bridgehead atoms. The largest absolute Gasteiger partial charge is 0.506 e. The standard InChI is InChI=1S/C8H9.C6H4F.2BrH.2Mg/c1-2-8-6-4-3-5-7-8;7-6-4-2-1-3-5-6;;;;/h3-7H,1-2H2;2-5H;2*1H;;/q;;;;2*+1/p-2. The number of benzene rings is 2. The van der Waals surface area contributed by atoms with Crippen LogP contribution in [0.3, 0.4) is 0 Å². The van der Waals surface area contributed by atoms with E-state index in [4.69, 9.17) is 0 Å². The molecule has 0 saturated carbocycles. The van der Waals surface area contributed by atoms with Gasteiger partial charge in [0.2, 0.25) is 0 Å². The van der Waals surface area contributed by atoms with E-state index >= 15 is 0 Å². The zero-order chi connectivity index (χ0) is 13.9. The third kappa shape index (κ3) is 8.68. The minimum atomic E-state index is -0.279. The van der Waals surface area contributed by atoms with Gasteiger partial charge in [-0.25, -0.2) is 4.39 Å². The third-order valence-electron chi connectivity index (χ3n) is 2.51. The van der Waals surface area contributed by atoms with E-state index in [0.717, 1.165) is 0 Å². The number of hydrogen-bond donors (Lipinski definition) is 0. The van der Waals surface area contributed by atoms with Crippen molar-refractivity contribution in [1.29, 1.82) is 0 Å². The van der Waals surface area contributed by atoms with E-state index in [1.165, 1.54) is 32.4 Å². The Balaban J connectivity index is 0.000000191. The molecule has 2 aromatic carbocycles. The average Bonchev–Trinajstić information content (AvgIpc) is 2.48. The minimum Gasteiger partial charge on any atom is -0.307 e. The van der Waals surface area contributed by atoms with Crippen molar-refractivity contribution in [2.45, 2.75) is 11.0 Å². The van der Waals surface area contributed by atoms with Gasteiger partial charge in [-0.3, -0.25) is 12.9 Å². The van der Waals surface area contributed by atoms with E-state index in [1.807, 2.05) is 12.1 Å². The molecule has 94 valence electrons. The van der Waals surface area contributed by atoms with Gasteiger partial charge in [0.05, 0.1) is 0 Å². The van der Waals surface area contributed by atoms with E-state index in [9.17, 15) is 4.39 Å². The average molecular weight is 409 g/mol. The maximum Gasteiger partial charge on any atom is 0.506 e. The summed E-state index contributed by atoms with van der Waals surface area (Å²) in [5.41, 5.74) is 1.47. The van der Waals surface area contributed by atoms with Gasteiger partial charge >= 0.3 is 36.4 Å². The Morgan fingerprint density at radius 2 is 1.53 bits per heavy atom. The first kappa shape index (κ1) is 17.9. The highest BCUT2D eigenvalue weighted by Crippen LogP contribution is 2.02. The van der Waals surface area contributed by atoms with E-state index in [-0.39, 0.29) is 42.2 Å². The number of halogens is 3. The molecule has 0 saturated heterocycles. The van der Waals surface area contributed by atoms with Gasteiger partial charge in [0, 0.05) is 0 Å². The molecular formula is C14H13Br2FMg2. The van der Waals surface area contributed by atoms with Crippen LogP contribution < -0.4 is 3.69 Å². The Morgan fingerprint density at radius 3 is 2.05 bits per heavy atom. The van der Waals surface area contributed by atoms with Crippen LogP contribution in [-0.4, -0.2) is 36.4 Å². The van der Waals surface area contributed by atoms with Gasteiger partial charge in [-0.1, -0.05) is 48.0 Å². The number of hydrogen-bond acceptors (Lipinski definition) is 0. The van der Waals surface area contributed by atoms with E-state index in [0.29, 0.717) is 0 Å². The molecule has 0 amide bonds. The fourth-order valence-electron chi connectivity index (χ4n) is 1.49. The minimum absolute atomic E-state index is 0.0827. The van der Waals surface area contributed by atoms with Gasteiger partial charge in [-0.15, -0.1) is 4.55 Å². The molecule has 5 heteroatoms. The van der Waals surface area contributed by atoms with Gasteiger partial charge in [0.15, 0.2) is 0 Å².